The van der Waals surface area contributed by atoms with Crippen molar-refractivity contribution in [1.82, 2.24) is 0 Å². The smallest absolute Gasteiger partial charge is 0.426 e. The summed E-state index contributed by atoms with van der Waals surface area (Å²) < 4.78 is 81.8. The molecule has 0 amide bonds. The molecule has 186 valence electrons. The quantitative estimate of drug-likeness (QED) is 0.166. The van der Waals surface area contributed by atoms with Crippen molar-refractivity contribution in [2.45, 2.75) is 44.4 Å². The summed E-state index contributed by atoms with van der Waals surface area (Å²) in [7, 11) is -5.01. The molecule has 0 spiro atoms. The fourth-order valence-corrected chi connectivity index (χ4v) is 6.56. The van der Waals surface area contributed by atoms with E-state index < -0.39 is 40.1 Å². The molecule has 0 heterocycles. The van der Waals surface area contributed by atoms with Crippen LogP contribution in [0.15, 0.2) is 12.1 Å². The molecule has 1 saturated carbocycles. The van der Waals surface area contributed by atoms with E-state index in [9.17, 15) is 31.2 Å². The first-order valence-corrected chi connectivity index (χ1v) is 14.5. The fourth-order valence-electron chi connectivity index (χ4n) is 3.55. The molecule has 1 aliphatic rings. The molecule has 14 heteroatoms. The zero-order valence-corrected chi connectivity index (χ0v) is 24.2. The van der Waals surface area contributed by atoms with E-state index in [1.165, 1.54) is 0 Å². The van der Waals surface area contributed by atoms with Crippen molar-refractivity contribution >= 4 is 89.8 Å². The van der Waals surface area contributed by atoms with Gasteiger partial charge in [-0.05, 0) is 105 Å². The molecular weight excluding hydrogens is 810 g/mol. The van der Waals surface area contributed by atoms with Gasteiger partial charge < -0.3 is 9.47 Å². The van der Waals surface area contributed by atoms with Crippen molar-refractivity contribution in [2.24, 2.45) is 11.8 Å². The van der Waals surface area contributed by atoms with Crippen LogP contribution in [-0.4, -0.2) is 49.5 Å². The Morgan fingerprint density at radius 1 is 1.12 bits per heavy atom. The van der Waals surface area contributed by atoms with Gasteiger partial charge in [-0.25, -0.2) is 4.79 Å². The lowest BCUT2D eigenvalue weighted by Crippen LogP contribution is -2.40. The number of esters is 2. The van der Waals surface area contributed by atoms with Gasteiger partial charge in [0.25, 0.3) is 10.1 Å². The highest BCUT2D eigenvalue weighted by Crippen LogP contribution is 2.34. The highest BCUT2D eigenvalue weighted by molar-refractivity contribution is 14.1. The number of rotatable bonds is 8. The predicted molar refractivity (Wildman–Crippen MR) is 137 cm³/mol. The van der Waals surface area contributed by atoms with Crippen LogP contribution in [0, 0.1) is 22.5 Å². The van der Waals surface area contributed by atoms with E-state index in [4.69, 9.17) is 9.29 Å². The predicted octanol–water partition coefficient (Wildman–Crippen LogP) is 5.22. The molecule has 0 radical (unpaired) electrons. The van der Waals surface area contributed by atoms with Crippen molar-refractivity contribution in [3.8, 4) is 0 Å². The van der Waals surface area contributed by atoms with Gasteiger partial charge in [-0.1, -0.05) is 12.8 Å². The van der Waals surface area contributed by atoms with E-state index in [0.717, 1.165) is 23.6 Å². The first-order chi connectivity index (χ1) is 15.2. The van der Waals surface area contributed by atoms with Gasteiger partial charge in [-0.15, -0.1) is 0 Å². The summed E-state index contributed by atoms with van der Waals surface area (Å²) >= 11 is 6.26. The average molecular weight is 830 g/mol. The van der Waals surface area contributed by atoms with E-state index in [1.807, 2.05) is 6.07 Å². The Kier molecular flexibility index (Phi) is 10.9. The molecule has 3 unspecified atom stereocenters. The molecule has 1 fully saturated rings. The number of alkyl halides is 3. The SMILES string of the molecule is O=C(CC1CCCCC1COC(=O)c1cc(I)cc(I)c1I)OC(CS(=O)(=O)O)C(F)(F)F. The summed E-state index contributed by atoms with van der Waals surface area (Å²) in [5.41, 5.74) is 0.414. The minimum atomic E-state index is -5.14. The first-order valence-electron chi connectivity index (χ1n) is 9.70. The maximum atomic E-state index is 13.0. The first kappa shape index (κ1) is 29.3. The van der Waals surface area contributed by atoms with Crippen molar-refractivity contribution < 1.29 is 45.2 Å². The van der Waals surface area contributed by atoms with Gasteiger partial charge in [-0.2, -0.15) is 21.6 Å². The largest absolute Gasteiger partial charge is 0.462 e. The second-order valence-electron chi connectivity index (χ2n) is 7.63. The second-order valence-corrected chi connectivity index (χ2v) is 12.6. The lowest BCUT2D eigenvalue weighted by molar-refractivity contribution is -0.216. The molecule has 0 aromatic heterocycles. The number of hydrogen-bond donors (Lipinski definition) is 1. The maximum Gasteiger partial charge on any atom is 0.426 e. The molecule has 1 aromatic carbocycles. The summed E-state index contributed by atoms with van der Waals surface area (Å²) in [6.07, 6.45) is -5.74. The topological polar surface area (TPSA) is 107 Å². The van der Waals surface area contributed by atoms with Gasteiger partial charge in [0.2, 0.25) is 6.10 Å². The van der Waals surface area contributed by atoms with Gasteiger partial charge in [0.1, 0.15) is 5.75 Å². The van der Waals surface area contributed by atoms with Gasteiger partial charge in [0.05, 0.1) is 12.2 Å². The molecule has 0 saturated heterocycles. The number of hydrogen-bond acceptors (Lipinski definition) is 6. The van der Waals surface area contributed by atoms with Crippen LogP contribution in [0.5, 0.6) is 0 Å². The maximum absolute atomic E-state index is 13.0. The van der Waals surface area contributed by atoms with Crippen molar-refractivity contribution in [1.29, 1.82) is 0 Å². The minimum absolute atomic E-state index is 0.00261. The van der Waals surface area contributed by atoms with Gasteiger partial charge in [0, 0.05) is 17.1 Å². The summed E-state index contributed by atoms with van der Waals surface area (Å²) in [6.45, 7) is 0.00261. The molecule has 0 bridgehead atoms. The number of carbonyl (C=O) groups excluding carboxylic acids is 2. The number of carbonyl (C=O) groups is 2. The molecule has 2 rings (SSSR count). The summed E-state index contributed by atoms with van der Waals surface area (Å²) in [5.74, 6) is -4.13. The average Bonchev–Trinajstić information content (AvgIpc) is 2.67. The Bertz CT molecular complexity index is 986. The third kappa shape index (κ3) is 9.55. The number of ether oxygens (including phenoxy) is 2. The highest BCUT2D eigenvalue weighted by Gasteiger charge is 2.45. The Hall–Kier alpha value is 0.0500. The van der Waals surface area contributed by atoms with Crippen molar-refractivity contribution in [2.75, 3.05) is 12.4 Å². The Morgan fingerprint density at radius 2 is 1.73 bits per heavy atom. The Morgan fingerprint density at radius 3 is 2.30 bits per heavy atom. The molecule has 1 aromatic rings. The summed E-state index contributed by atoms with van der Waals surface area (Å²) in [6, 6.07) is 3.62. The molecule has 1 aliphatic carbocycles. The third-order valence-corrected chi connectivity index (χ3v) is 9.53. The van der Waals surface area contributed by atoms with Crippen LogP contribution in [0.1, 0.15) is 42.5 Å². The van der Waals surface area contributed by atoms with Crippen molar-refractivity contribution in [3.63, 3.8) is 0 Å². The van der Waals surface area contributed by atoms with Crippen molar-refractivity contribution in [3.05, 3.63) is 28.4 Å². The Labute approximate surface area is 230 Å². The minimum Gasteiger partial charge on any atom is -0.462 e. The molecule has 0 aliphatic heterocycles. The lowest BCUT2D eigenvalue weighted by atomic mass is 9.78. The summed E-state index contributed by atoms with van der Waals surface area (Å²) in [4.78, 5) is 24.8. The zero-order chi connectivity index (χ0) is 25.0. The molecule has 7 nitrogen and oxygen atoms in total. The molecule has 33 heavy (non-hydrogen) atoms. The molecule has 1 N–H and O–H groups in total. The fraction of sp³-hybridized carbons (Fsp3) is 0.579. The summed E-state index contributed by atoms with van der Waals surface area (Å²) in [5, 5.41) is 0. The Balaban J connectivity index is 2.02. The van der Waals surface area contributed by atoms with Crippen LogP contribution in [-0.2, 0) is 24.4 Å². The number of benzene rings is 1. The van der Waals surface area contributed by atoms with Crippen LogP contribution >= 0.6 is 67.8 Å². The van der Waals surface area contributed by atoms with Gasteiger partial charge in [0.15, 0.2) is 0 Å². The lowest BCUT2D eigenvalue weighted by Gasteiger charge is -2.31. The van der Waals surface area contributed by atoms with E-state index in [1.54, 1.807) is 6.07 Å². The van der Waals surface area contributed by atoms with E-state index >= 15 is 0 Å². The second kappa shape index (κ2) is 12.3. The molecular formula is C19H20F3I3O7S. The van der Waals surface area contributed by atoms with E-state index in [0.29, 0.717) is 18.4 Å². The van der Waals surface area contributed by atoms with Crippen LogP contribution in [0.25, 0.3) is 0 Å². The van der Waals surface area contributed by atoms with Crippen LogP contribution in [0.3, 0.4) is 0 Å². The van der Waals surface area contributed by atoms with E-state index in [2.05, 4.69) is 72.5 Å². The van der Waals surface area contributed by atoms with Gasteiger partial charge in [-0.3, -0.25) is 9.35 Å². The number of halogens is 6. The van der Waals surface area contributed by atoms with Crippen LogP contribution in [0.2, 0.25) is 0 Å². The zero-order valence-electron chi connectivity index (χ0n) is 16.9. The van der Waals surface area contributed by atoms with Crippen LogP contribution < -0.4 is 0 Å². The molecule has 3 atom stereocenters. The monoisotopic (exact) mass is 830 g/mol. The van der Waals surface area contributed by atoms with Crippen LogP contribution in [0.4, 0.5) is 13.2 Å². The normalized spacial score (nSPS) is 20.2. The third-order valence-electron chi connectivity index (χ3n) is 5.14. The standard InChI is InChI=1S/C19H20F3I3O7S/c20-19(21,22)15(9-33(28,29)30)32-16(26)5-10-3-1-2-4-11(10)8-31-18(27)13-6-12(23)7-14(24)17(13)25/h6-7,10-11,15H,1-5,8-9H2,(H,28,29,30). The van der Waals surface area contributed by atoms with E-state index in [-0.39, 0.29) is 24.9 Å². The highest BCUT2D eigenvalue weighted by atomic mass is 127. The van der Waals surface area contributed by atoms with Gasteiger partial charge >= 0.3 is 18.1 Å².